The zero-order valence-corrected chi connectivity index (χ0v) is 17.7. The normalized spacial score (nSPS) is 21.8. The SMILES string of the molecule is CCCNC(=O)[C@]1(Cc2cc(-c3ccccc3)no2)CCCN1C(=O)C1CCCC1. The van der Waals surface area contributed by atoms with Crippen LogP contribution in [0, 0.1) is 5.92 Å². The monoisotopic (exact) mass is 409 g/mol. The molecule has 30 heavy (non-hydrogen) atoms. The highest BCUT2D eigenvalue weighted by atomic mass is 16.5. The number of likely N-dealkylation sites (tertiary alicyclic amines) is 1. The summed E-state index contributed by atoms with van der Waals surface area (Å²) in [5.74, 6) is 0.771. The van der Waals surface area contributed by atoms with Gasteiger partial charge in [-0.3, -0.25) is 9.59 Å². The van der Waals surface area contributed by atoms with Gasteiger partial charge in [0.1, 0.15) is 17.0 Å². The summed E-state index contributed by atoms with van der Waals surface area (Å²) in [6, 6.07) is 11.8. The molecule has 1 N–H and O–H groups in total. The maximum Gasteiger partial charge on any atom is 0.246 e. The summed E-state index contributed by atoms with van der Waals surface area (Å²) in [7, 11) is 0. The van der Waals surface area contributed by atoms with E-state index in [1.54, 1.807) is 0 Å². The van der Waals surface area contributed by atoms with E-state index in [1.807, 2.05) is 48.2 Å². The Morgan fingerprint density at radius 3 is 2.70 bits per heavy atom. The molecule has 4 rings (SSSR count). The molecule has 160 valence electrons. The number of benzene rings is 1. The van der Waals surface area contributed by atoms with Gasteiger partial charge in [-0.1, -0.05) is 55.3 Å². The number of hydrogen-bond donors (Lipinski definition) is 1. The Morgan fingerprint density at radius 2 is 1.97 bits per heavy atom. The summed E-state index contributed by atoms with van der Waals surface area (Å²) in [5, 5.41) is 7.27. The molecule has 1 aliphatic heterocycles. The van der Waals surface area contributed by atoms with E-state index < -0.39 is 5.54 Å². The lowest BCUT2D eigenvalue weighted by Gasteiger charge is -2.38. The Labute approximate surface area is 178 Å². The highest BCUT2D eigenvalue weighted by molar-refractivity contribution is 5.93. The number of hydrogen-bond acceptors (Lipinski definition) is 4. The fraction of sp³-hybridized carbons (Fsp3) is 0.542. The average Bonchev–Trinajstić information content (AvgIpc) is 3.53. The highest BCUT2D eigenvalue weighted by Crippen LogP contribution is 2.38. The van der Waals surface area contributed by atoms with Crippen LogP contribution in [0.15, 0.2) is 40.9 Å². The number of nitrogens with one attached hydrogen (secondary N) is 1. The fourth-order valence-corrected chi connectivity index (χ4v) is 4.93. The van der Waals surface area contributed by atoms with Gasteiger partial charge in [0.2, 0.25) is 11.8 Å². The molecule has 1 atom stereocenters. The number of amides is 2. The number of carbonyl (C=O) groups excluding carboxylic acids is 2. The number of carbonyl (C=O) groups is 2. The van der Waals surface area contributed by atoms with Gasteiger partial charge in [0, 0.05) is 37.1 Å². The minimum absolute atomic E-state index is 0.0519. The first-order chi connectivity index (χ1) is 14.6. The van der Waals surface area contributed by atoms with Crippen LogP contribution in [-0.2, 0) is 16.0 Å². The summed E-state index contributed by atoms with van der Waals surface area (Å²) >= 11 is 0. The molecule has 0 bridgehead atoms. The highest BCUT2D eigenvalue weighted by Gasteiger charge is 2.51. The van der Waals surface area contributed by atoms with Crippen LogP contribution in [0.2, 0.25) is 0 Å². The smallest absolute Gasteiger partial charge is 0.246 e. The van der Waals surface area contributed by atoms with E-state index in [-0.39, 0.29) is 17.7 Å². The third-order valence-electron chi connectivity index (χ3n) is 6.51. The van der Waals surface area contributed by atoms with Crippen LogP contribution in [0.4, 0.5) is 0 Å². The van der Waals surface area contributed by atoms with Gasteiger partial charge in [0.05, 0.1) is 0 Å². The molecule has 0 spiro atoms. The van der Waals surface area contributed by atoms with Crippen LogP contribution in [0.3, 0.4) is 0 Å². The summed E-state index contributed by atoms with van der Waals surface area (Å²) in [4.78, 5) is 28.6. The quantitative estimate of drug-likeness (QED) is 0.751. The van der Waals surface area contributed by atoms with E-state index in [2.05, 4.69) is 10.5 Å². The van der Waals surface area contributed by atoms with E-state index in [4.69, 9.17) is 4.52 Å². The molecule has 2 heterocycles. The maximum absolute atomic E-state index is 13.4. The van der Waals surface area contributed by atoms with Crippen molar-refractivity contribution in [1.82, 2.24) is 15.4 Å². The predicted octanol–water partition coefficient (Wildman–Crippen LogP) is 3.96. The minimum Gasteiger partial charge on any atom is -0.361 e. The largest absolute Gasteiger partial charge is 0.361 e. The molecule has 0 radical (unpaired) electrons. The van der Waals surface area contributed by atoms with Crippen molar-refractivity contribution >= 4 is 11.8 Å². The summed E-state index contributed by atoms with van der Waals surface area (Å²) in [6.07, 6.45) is 6.77. The van der Waals surface area contributed by atoms with Gasteiger partial charge in [-0.25, -0.2) is 0 Å². The third-order valence-corrected chi connectivity index (χ3v) is 6.51. The van der Waals surface area contributed by atoms with Gasteiger partial charge >= 0.3 is 0 Å². The molecule has 1 aromatic carbocycles. The Morgan fingerprint density at radius 1 is 1.20 bits per heavy atom. The Hall–Kier alpha value is -2.63. The van der Waals surface area contributed by atoms with Crippen molar-refractivity contribution in [2.45, 2.75) is 63.8 Å². The van der Waals surface area contributed by atoms with E-state index in [9.17, 15) is 9.59 Å². The summed E-state index contributed by atoms with van der Waals surface area (Å²) < 4.78 is 5.65. The average molecular weight is 410 g/mol. The zero-order valence-electron chi connectivity index (χ0n) is 17.7. The topological polar surface area (TPSA) is 75.4 Å². The lowest BCUT2D eigenvalue weighted by Crippen LogP contribution is -2.59. The van der Waals surface area contributed by atoms with Gasteiger partial charge in [-0.05, 0) is 32.1 Å². The summed E-state index contributed by atoms with van der Waals surface area (Å²) in [5.41, 5.74) is 0.839. The predicted molar refractivity (Wildman–Crippen MR) is 115 cm³/mol. The van der Waals surface area contributed by atoms with Crippen LogP contribution >= 0.6 is 0 Å². The van der Waals surface area contributed by atoms with Crippen molar-refractivity contribution in [3.05, 3.63) is 42.2 Å². The molecule has 2 aromatic rings. The standard InChI is InChI=1S/C24H31N3O3/c1-2-14-25-23(29)24(13-8-15-27(24)22(28)19-11-6-7-12-19)17-20-16-21(26-30-20)18-9-4-3-5-10-18/h3-5,9-10,16,19H,2,6-8,11-15,17H2,1H3,(H,25,29)/t24-/m1/s1. The second-order valence-electron chi connectivity index (χ2n) is 8.58. The third kappa shape index (κ3) is 4.00. The molecule has 2 amide bonds. The molecule has 1 saturated carbocycles. The van der Waals surface area contributed by atoms with Gasteiger partial charge in [-0.15, -0.1) is 0 Å². The Bertz CT molecular complexity index is 873. The van der Waals surface area contributed by atoms with Crippen LogP contribution in [0.5, 0.6) is 0 Å². The van der Waals surface area contributed by atoms with Crippen LogP contribution in [0.25, 0.3) is 11.3 Å². The van der Waals surface area contributed by atoms with E-state index in [0.29, 0.717) is 31.7 Å². The molecule has 1 aliphatic carbocycles. The second-order valence-corrected chi connectivity index (χ2v) is 8.58. The molecule has 2 fully saturated rings. The van der Waals surface area contributed by atoms with Gasteiger partial charge in [-0.2, -0.15) is 0 Å². The van der Waals surface area contributed by atoms with Crippen molar-refractivity contribution in [3.63, 3.8) is 0 Å². The number of rotatable bonds is 7. The van der Waals surface area contributed by atoms with E-state index in [0.717, 1.165) is 49.8 Å². The van der Waals surface area contributed by atoms with Crippen molar-refractivity contribution in [2.24, 2.45) is 5.92 Å². The first kappa shape index (κ1) is 20.6. The van der Waals surface area contributed by atoms with E-state index in [1.165, 1.54) is 0 Å². The van der Waals surface area contributed by atoms with Crippen molar-refractivity contribution < 1.29 is 14.1 Å². The molecular formula is C24H31N3O3. The van der Waals surface area contributed by atoms with Gasteiger partial charge < -0.3 is 14.7 Å². The number of nitrogens with zero attached hydrogens (tertiary/aromatic N) is 2. The van der Waals surface area contributed by atoms with Gasteiger partial charge in [0.25, 0.3) is 0 Å². The first-order valence-corrected chi connectivity index (χ1v) is 11.2. The Balaban J connectivity index is 1.62. The van der Waals surface area contributed by atoms with Crippen LogP contribution < -0.4 is 5.32 Å². The fourth-order valence-electron chi connectivity index (χ4n) is 4.93. The molecule has 1 saturated heterocycles. The molecule has 2 aliphatic rings. The zero-order chi connectivity index (χ0) is 21.0. The van der Waals surface area contributed by atoms with Crippen molar-refractivity contribution in [2.75, 3.05) is 13.1 Å². The lowest BCUT2D eigenvalue weighted by atomic mass is 9.88. The Kier molecular flexibility index (Phi) is 6.21. The first-order valence-electron chi connectivity index (χ1n) is 11.2. The van der Waals surface area contributed by atoms with E-state index >= 15 is 0 Å². The van der Waals surface area contributed by atoms with Gasteiger partial charge in [0.15, 0.2) is 0 Å². The lowest BCUT2D eigenvalue weighted by molar-refractivity contribution is -0.148. The molecular weight excluding hydrogens is 378 g/mol. The number of aromatic nitrogens is 1. The molecule has 6 heteroatoms. The molecule has 0 unspecified atom stereocenters. The summed E-state index contributed by atoms with van der Waals surface area (Å²) in [6.45, 7) is 3.28. The molecule has 6 nitrogen and oxygen atoms in total. The van der Waals surface area contributed by atoms with Crippen LogP contribution in [0.1, 0.15) is 57.6 Å². The maximum atomic E-state index is 13.4. The van der Waals surface area contributed by atoms with Crippen molar-refractivity contribution in [3.8, 4) is 11.3 Å². The van der Waals surface area contributed by atoms with Crippen molar-refractivity contribution in [1.29, 1.82) is 0 Å². The second kappa shape index (κ2) is 9.02. The molecule has 1 aromatic heterocycles. The minimum atomic E-state index is -0.887. The van der Waals surface area contributed by atoms with Crippen LogP contribution in [-0.4, -0.2) is 40.5 Å².